The summed E-state index contributed by atoms with van der Waals surface area (Å²) in [5.41, 5.74) is 4.75. The summed E-state index contributed by atoms with van der Waals surface area (Å²) >= 11 is 0. The Bertz CT molecular complexity index is 1220. The highest BCUT2D eigenvalue weighted by Crippen LogP contribution is 2.38. The fraction of sp³-hybridized carbons (Fsp3) is 0.174. The van der Waals surface area contributed by atoms with Gasteiger partial charge in [0.2, 0.25) is 0 Å². The van der Waals surface area contributed by atoms with Crippen molar-refractivity contribution in [1.82, 2.24) is 0 Å². The zero-order valence-electron chi connectivity index (χ0n) is 16.6. The standard InChI is InChI=1S/C23H22N2O3S/c1-16-7-6-8-20(14-16)25-23(26)24(15-19-13-17(2)11-12-18(19)3)21-9-4-5-10-22(21)29(25,27)28/h4-14H,15H2,1-3H3. The molecule has 1 aliphatic rings. The Labute approximate surface area is 171 Å². The number of nitrogens with zero attached hydrogens (tertiary/aromatic N) is 2. The van der Waals surface area contributed by atoms with Gasteiger partial charge in [-0.25, -0.2) is 13.2 Å². The largest absolute Gasteiger partial charge is 0.343 e. The highest BCUT2D eigenvalue weighted by molar-refractivity contribution is 7.94. The normalized spacial score (nSPS) is 15.3. The summed E-state index contributed by atoms with van der Waals surface area (Å²) in [4.78, 5) is 15.2. The first-order valence-electron chi connectivity index (χ1n) is 9.38. The third-order valence-corrected chi connectivity index (χ3v) is 6.90. The maximum Gasteiger partial charge on any atom is 0.343 e. The third-order valence-electron chi connectivity index (χ3n) is 5.15. The highest BCUT2D eigenvalue weighted by Gasteiger charge is 2.42. The fourth-order valence-electron chi connectivity index (χ4n) is 3.61. The summed E-state index contributed by atoms with van der Waals surface area (Å²) in [6, 6.07) is 19.1. The molecular formula is C23H22N2O3S. The van der Waals surface area contributed by atoms with E-state index < -0.39 is 16.1 Å². The molecule has 3 aromatic rings. The van der Waals surface area contributed by atoms with Crippen LogP contribution in [-0.2, 0) is 16.6 Å². The van der Waals surface area contributed by atoms with E-state index in [1.165, 1.54) is 0 Å². The second kappa shape index (κ2) is 7.04. The number of para-hydroxylation sites is 1. The van der Waals surface area contributed by atoms with Crippen LogP contribution < -0.4 is 9.21 Å². The van der Waals surface area contributed by atoms with E-state index >= 15 is 0 Å². The van der Waals surface area contributed by atoms with Crippen molar-refractivity contribution in [2.45, 2.75) is 32.2 Å². The third kappa shape index (κ3) is 3.29. The summed E-state index contributed by atoms with van der Waals surface area (Å²) < 4.78 is 27.6. The van der Waals surface area contributed by atoms with Gasteiger partial charge in [-0.2, -0.15) is 4.31 Å². The van der Waals surface area contributed by atoms with Gasteiger partial charge in [-0.05, 0) is 61.7 Å². The molecule has 0 saturated heterocycles. The number of urea groups is 1. The molecule has 2 amide bonds. The molecule has 0 unspecified atom stereocenters. The molecule has 1 heterocycles. The van der Waals surface area contributed by atoms with Gasteiger partial charge in [-0.3, -0.25) is 4.90 Å². The predicted octanol–water partition coefficient (Wildman–Crippen LogP) is 4.95. The van der Waals surface area contributed by atoms with E-state index in [-0.39, 0.29) is 4.90 Å². The molecule has 0 aromatic heterocycles. The lowest BCUT2D eigenvalue weighted by Gasteiger charge is -2.36. The minimum absolute atomic E-state index is 0.131. The van der Waals surface area contributed by atoms with Crippen LogP contribution >= 0.6 is 0 Å². The first-order chi connectivity index (χ1) is 13.8. The summed E-state index contributed by atoms with van der Waals surface area (Å²) in [5, 5.41) is 0. The smallest absolute Gasteiger partial charge is 0.287 e. The van der Waals surface area contributed by atoms with Crippen molar-refractivity contribution in [3.05, 3.63) is 89.0 Å². The quantitative estimate of drug-likeness (QED) is 0.619. The van der Waals surface area contributed by atoms with Gasteiger partial charge in [-0.15, -0.1) is 0 Å². The molecule has 0 fully saturated rings. The number of sulfonamides is 1. The summed E-state index contributed by atoms with van der Waals surface area (Å²) in [5.74, 6) is 0. The van der Waals surface area contributed by atoms with Gasteiger partial charge in [0.25, 0.3) is 10.0 Å². The second-order valence-electron chi connectivity index (χ2n) is 7.37. The van der Waals surface area contributed by atoms with Crippen LogP contribution in [0.25, 0.3) is 0 Å². The van der Waals surface area contributed by atoms with E-state index in [0.717, 1.165) is 26.6 Å². The Morgan fingerprint density at radius 1 is 0.828 bits per heavy atom. The summed E-state index contributed by atoms with van der Waals surface area (Å²) in [6.07, 6.45) is 0. The Morgan fingerprint density at radius 3 is 2.31 bits per heavy atom. The van der Waals surface area contributed by atoms with Gasteiger partial charge in [0.05, 0.1) is 17.9 Å². The topological polar surface area (TPSA) is 57.7 Å². The van der Waals surface area contributed by atoms with Crippen LogP contribution in [0.5, 0.6) is 0 Å². The van der Waals surface area contributed by atoms with E-state index in [4.69, 9.17) is 0 Å². The molecule has 0 spiro atoms. The number of hydrogen-bond donors (Lipinski definition) is 0. The average Bonchev–Trinajstić information content (AvgIpc) is 2.68. The molecule has 0 aliphatic carbocycles. The highest BCUT2D eigenvalue weighted by atomic mass is 32.2. The Balaban J connectivity index is 1.89. The second-order valence-corrected chi connectivity index (χ2v) is 9.13. The van der Waals surface area contributed by atoms with E-state index in [2.05, 4.69) is 0 Å². The van der Waals surface area contributed by atoms with Crippen LogP contribution in [0.15, 0.2) is 71.6 Å². The molecule has 1 aliphatic heterocycles. The lowest BCUT2D eigenvalue weighted by atomic mass is 10.0. The fourth-order valence-corrected chi connectivity index (χ4v) is 5.19. The van der Waals surface area contributed by atoms with Crippen LogP contribution in [0.3, 0.4) is 0 Å². The molecule has 148 valence electrons. The van der Waals surface area contributed by atoms with Gasteiger partial charge in [0, 0.05) is 0 Å². The van der Waals surface area contributed by atoms with E-state index in [9.17, 15) is 13.2 Å². The van der Waals surface area contributed by atoms with Crippen molar-refractivity contribution in [2.75, 3.05) is 9.21 Å². The van der Waals surface area contributed by atoms with E-state index in [1.807, 2.05) is 45.0 Å². The van der Waals surface area contributed by atoms with Crippen LogP contribution in [0.4, 0.5) is 16.2 Å². The number of anilines is 2. The van der Waals surface area contributed by atoms with Gasteiger partial charge >= 0.3 is 6.03 Å². The minimum Gasteiger partial charge on any atom is -0.287 e. The van der Waals surface area contributed by atoms with E-state index in [0.29, 0.717) is 17.9 Å². The molecule has 5 nitrogen and oxygen atoms in total. The summed E-state index contributed by atoms with van der Waals surface area (Å²) in [6.45, 7) is 6.15. The molecule has 0 atom stereocenters. The van der Waals surface area contributed by atoms with Gasteiger partial charge < -0.3 is 0 Å². The molecule has 0 bridgehead atoms. The summed E-state index contributed by atoms with van der Waals surface area (Å²) in [7, 11) is -4.00. The van der Waals surface area contributed by atoms with E-state index in [1.54, 1.807) is 47.4 Å². The minimum atomic E-state index is -4.00. The van der Waals surface area contributed by atoms with Crippen molar-refractivity contribution in [3.63, 3.8) is 0 Å². The van der Waals surface area contributed by atoms with Crippen molar-refractivity contribution >= 4 is 27.4 Å². The number of carbonyl (C=O) groups excluding carboxylic acids is 1. The lowest BCUT2D eigenvalue weighted by molar-refractivity contribution is 0.253. The molecule has 0 saturated carbocycles. The maximum atomic E-state index is 13.5. The number of amides is 2. The Hall–Kier alpha value is -3.12. The number of rotatable bonds is 3. The van der Waals surface area contributed by atoms with Crippen LogP contribution in [0, 0.1) is 20.8 Å². The lowest BCUT2D eigenvalue weighted by Crippen LogP contribution is -2.50. The zero-order chi connectivity index (χ0) is 20.8. The number of carbonyl (C=O) groups is 1. The van der Waals surface area contributed by atoms with Crippen molar-refractivity contribution in [2.24, 2.45) is 0 Å². The molecule has 4 rings (SSSR count). The van der Waals surface area contributed by atoms with Crippen LogP contribution in [0.1, 0.15) is 22.3 Å². The van der Waals surface area contributed by atoms with Crippen molar-refractivity contribution < 1.29 is 13.2 Å². The molecule has 0 N–H and O–H groups in total. The zero-order valence-corrected chi connectivity index (χ0v) is 17.4. The SMILES string of the molecule is Cc1cccc(N2C(=O)N(Cc3cc(C)ccc3C)c3ccccc3S2(=O)=O)c1. The number of fused-ring (bicyclic) bond motifs is 1. The first kappa shape index (κ1) is 19.2. The molecular weight excluding hydrogens is 384 g/mol. The Morgan fingerprint density at radius 2 is 1.55 bits per heavy atom. The number of benzene rings is 3. The maximum absolute atomic E-state index is 13.5. The number of hydrogen-bond acceptors (Lipinski definition) is 3. The molecule has 6 heteroatoms. The molecule has 3 aromatic carbocycles. The first-order valence-corrected chi connectivity index (χ1v) is 10.8. The van der Waals surface area contributed by atoms with Crippen LogP contribution in [-0.4, -0.2) is 14.4 Å². The molecule has 29 heavy (non-hydrogen) atoms. The van der Waals surface area contributed by atoms with Crippen molar-refractivity contribution in [3.8, 4) is 0 Å². The Kier molecular flexibility index (Phi) is 4.67. The van der Waals surface area contributed by atoms with Gasteiger partial charge in [0.15, 0.2) is 0 Å². The monoisotopic (exact) mass is 406 g/mol. The predicted molar refractivity (Wildman–Crippen MR) is 115 cm³/mol. The molecule has 0 radical (unpaired) electrons. The number of aryl methyl sites for hydroxylation is 3. The van der Waals surface area contributed by atoms with Crippen molar-refractivity contribution in [1.29, 1.82) is 0 Å². The average molecular weight is 407 g/mol. The van der Waals surface area contributed by atoms with Crippen LogP contribution in [0.2, 0.25) is 0 Å². The van der Waals surface area contributed by atoms with Gasteiger partial charge in [-0.1, -0.05) is 48.0 Å². The van der Waals surface area contributed by atoms with Gasteiger partial charge in [0.1, 0.15) is 4.90 Å².